The molecule has 0 radical (unpaired) electrons. The summed E-state index contributed by atoms with van der Waals surface area (Å²) in [6.07, 6.45) is 1.77. The van der Waals surface area contributed by atoms with Crippen LogP contribution in [0.3, 0.4) is 0 Å². The molecule has 0 aliphatic rings. The largest absolute Gasteiger partial charge is 0.381 e. The standard InChI is InChI=1S/C19H19NO/c1-13-6-8-16(11-14(13)2)19(3,21)17-9-7-15-5-4-10-20-18(15)12-17/h4-12,21H,1-3H3. The van der Waals surface area contributed by atoms with Gasteiger partial charge in [0.15, 0.2) is 0 Å². The van der Waals surface area contributed by atoms with Crippen LogP contribution in [0.25, 0.3) is 10.9 Å². The first-order valence-electron chi connectivity index (χ1n) is 7.14. The van der Waals surface area contributed by atoms with Gasteiger partial charge in [0.25, 0.3) is 0 Å². The number of aryl methyl sites for hydroxylation is 2. The molecule has 21 heavy (non-hydrogen) atoms. The maximum Gasteiger partial charge on any atom is 0.112 e. The number of hydrogen-bond donors (Lipinski definition) is 1. The van der Waals surface area contributed by atoms with E-state index in [-0.39, 0.29) is 0 Å². The molecule has 0 saturated carbocycles. The third kappa shape index (κ3) is 2.43. The summed E-state index contributed by atoms with van der Waals surface area (Å²) >= 11 is 0. The first-order chi connectivity index (χ1) is 9.98. The average Bonchev–Trinajstić information content (AvgIpc) is 2.49. The van der Waals surface area contributed by atoms with Gasteiger partial charge in [0.05, 0.1) is 5.52 Å². The Kier molecular flexibility index (Phi) is 3.26. The molecule has 0 aliphatic heterocycles. The molecule has 1 atom stereocenters. The van der Waals surface area contributed by atoms with Gasteiger partial charge in [-0.25, -0.2) is 0 Å². The number of benzene rings is 2. The van der Waals surface area contributed by atoms with Crippen molar-refractivity contribution in [3.05, 3.63) is 77.0 Å². The van der Waals surface area contributed by atoms with Gasteiger partial charge >= 0.3 is 0 Å². The fourth-order valence-electron chi connectivity index (χ4n) is 2.58. The van der Waals surface area contributed by atoms with E-state index in [1.165, 1.54) is 11.1 Å². The van der Waals surface area contributed by atoms with E-state index in [0.717, 1.165) is 22.0 Å². The van der Waals surface area contributed by atoms with Crippen molar-refractivity contribution in [1.82, 2.24) is 4.98 Å². The van der Waals surface area contributed by atoms with Crippen LogP contribution < -0.4 is 0 Å². The smallest absolute Gasteiger partial charge is 0.112 e. The van der Waals surface area contributed by atoms with Gasteiger partial charge in [-0.1, -0.05) is 36.4 Å². The molecule has 0 bridgehead atoms. The summed E-state index contributed by atoms with van der Waals surface area (Å²) in [7, 11) is 0. The third-order valence-corrected chi connectivity index (χ3v) is 4.24. The minimum Gasteiger partial charge on any atom is -0.381 e. The second-order valence-electron chi connectivity index (χ2n) is 5.78. The lowest BCUT2D eigenvalue weighted by molar-refractivity contribution is 0.102. The summed E-state index contributed by atoms with van der Waals surface area (Å²) in [4.78, 5) is 4.37. The van der Waals surface area contributed by atoms with E-state index < -0.39 is 5.60 Å². The second-order valence-corrected chi connectivity index (χ2v) is 5.78. The summed E-state index contributed by atoms with van der Waals surface area (Å²) in [5.41, 5.74) is 4.06. The summed E-state index contributed by atoms with van der Waals surface area (Å²) in [5, 5.41) is 12.1. The first kappa shape index (κ1) is 13.8. The molecule has 2 aromatic carbocycles. The van der Waals surface area contributed by atoms with E-state index in [1.807, 2.05) is 43.3 Å². The van der Waals surface area contributed by atoms with E-state index in [9.17, 15) is 5.11 Å². The van der Waals surface area contributed by atoms with Crippen LogP contribution in [-0.4, -0.2) is 10.1 Å². The van der Waals surface area contributed by atoms with Gasteiger partial charge < -0.3 is 5.11 Å². The van der Waals surface area contributed by atoms with E-state index in [1.54, 1.807) is 6.20 Å². The van der Waals surface area contributed by atoms with Crippen molar-refractivity contribution in [1.29, 1.82) is 0 Å². The molecule has 1 N–H and O–H groups in total. The summed E-state index contributed by atoms with van der Waals surface area (Å²) < 4.78 is 0. The zero-order valence-corrected chi connectivity index (χ0v) is 12.6. The number of rotatable bonds is 2. The van der Waals surface area contributed by atoms with E-state index in [0.29, 0.717) is 0 Å². The number of fused-ring (bicyclic) bond motifs is 1. The van der Waals surface area contributed by atoms with Crippen molar-refractivity contribution in [2.45, 2.75) is 26.4 Å². The number of pyridine rings is 1. The van der Waals surface area contributed by atoms with Gasteiger partial charge in [0.1, 0.15) is 5.60 Å². The topological polar surface area (TPSA) is 33.1 Å². The third-order valence-electron chi connectivity index (χ3n) is 4.24. The highest BCUT2D eigenvalue weighted by Crippen LogP contribution is 2.31. The van der Waals surface area contributed by atoms with Crippen molar-refractivity contribution in [2.75, 3.05) is 0 Å². The highest BCUT2D eigenvalue weighted by Gasteiger charge is 2.26. The molecule has 0 amide bonds. The quantitative estimate of drug-likeness (QED) is 0.764. The molecule has 3 rings (SSSR count). The molecule has 0 spiro atoms. The fraction of sp³-hybridized carbons (Fsp3) is 0.211. The summed E-state index contributed by atoms with van der Waals surface area (Å²) in [6.45, 7) is 5.98. The Labute approximate surface area is 125 Å². The van der Waals surface area contributed by atoms with Crippen LogP contribution >= 0.6 is 0 Å². The van der Waals surface area contributed by atoms with E-state index in [2.05, 4.69) is 31.0 Å². The normalized spacial score (nSPS) is 14.1. The Morgan fingerprint density at radius 2 is 1.62 bits per heavy atom. The summed E-state index contributed by atoms with van der Waals surface area (Å²) in [5.74, 6) is 0. The van der Waals surface area contributed by atoms with Crippen LogP contribution in [0.4, 0.5) is 0 Å². The Balaban J connectivity index is 2.12. The molecule has 0 aliphatic carbocycles. The lowest BCUT2D eigenvalue weighted by atomic mass is 9.86. The molecule has 2 nitrogen and oxygen atoms in total. The number of aliphatic hydroxyl groups is 1. The highest BCUT2D eigenvalue weighted by atomic mass is 16.3. The van der Waals surface area contributed by atoms with Crippen LogP contribution in [0.5, 0.6) is 0 Å². The van der Waals surface area contributed by atoms with Crippen molar-refractivity contribution >= 4 is 10.9 Å². The van der Waals surface area contributed by atoms with Crippen LogP contribution in [0.2, 0.25) is 0 Å². The first-order valence-corrected chi connectivity index (χ1v) is 7.14. The van der Waals surface area contributed by atoms with Crippen LogP contribution in [0.1, 0.15) is 29.2 Å². The van der Waals surface area contributed by atoms with E-state index >= 15 is 0 Å². The summed E-state index contributed by atoms with van der Waals surface area (Å²) in [6, 6.07) is 16.0. The van der Waals surface area contributed by atoms with Crippen molar-refractivity contribution in [3.63, 3.8) is 0 Å². The Morgan fingerprint density at radius 3 is 2.38 bits per heavy atom. The van der Waals surface area contributed by atoms with Crippen molar-refractivity contribution in [2.24, 2.45) is 0 Å². The fourth-order valence-corrected chi connectivity index (χ4v) is 2.58. The van der Waals surface area contributed by atoms with Gasteiger partial charge in [0, 0.05) is 11.6 Å². The molecule has 3 aromatic rings. The molecular weight excluding hydrogens is 258 g/mol. The lowest BCUT2D eigenvalue weighted by Gasteiger charge is -2.25. The van der Waals surface area contributed by atoms with Gasteiger partial charge in [0.2, 0.25) is 0 Å². The number of nitrogens with zero attached hydrogens (tertiary/aromatic N) is 1. The van der Waals surface area contributed by atoms with Gasteiger partial charge in [-0.05, 0) is 55.2 Å². The van der Waals surface area contributed by atoms with E-state index in [4.69, 9.17) is 0 Å². The molecule has 0 saturated heterocycles. The minimum absolute atomic E-state index is 0.858. The predicted molar refractivity (Wildman–Crippen MR) is 86.3 cm³/mol. The van der Waals surface area contributed by atoms with Gasteiger partial charge in [-0.15, -0.1) is 0 Å². The molecular formula is C19H19NO. The monoisotopic (exact) mass is 277 g/mol. The van der Waals surface area contributed by atoms with Gasteiger partial charge in [-0.3, -0.25) is 4.98 Å². The highest BCUT2D eigenvalue weighted by molar-refractivity contribution is 5.79. The molecule has 2 heteroatoms. The SMILES string of the molecule is Cc1ccc(C(C)(O)c2ccc3cccnc3c2)cc1C. The van der Waals surface area contributed by atoms with Crippen LogP contribution in [-0.2, 0) is 5.60 Å². The molecule has 106 valence electrons. The number of hydrogen-bond acceptors (Lipinski definition) is 2. The predicted octanol–water partition coefficient (Wildman–Crippen LogP) is 4.11. The maximum atomic E-state index is 11.0. The maximum absolute atomic E-state index is 11.0. The Bertz CT molecular complexity index is 806. The molecule has 0 fully saturated rings. The zero-order valence-electron chi connectivity index (χ0n) is 12.6. The van der Waals surface area contributed by atoms with Crippen molar-refractivity contribution < 1.29 is 5.11 Å². The van der Waals surface area contributed by atoms with Crippen LogP contribution in [0, 0.1) is 13.8 Å². The Hall–Kier alpha value is -2.19. The Morgan fingerprint density at radius 1 is 0.905 bits per heavy atom. The van der Waals surface area contributed by atoms with Crippen LogP contribution in [0.15, 0.2) is 54.7 Å². The van der Waals surface area contributed by atoms with Gasteiger partial charge in [-0.2, -0.15) is 0 Å². The van der Waals surface area contributed by atoms with Crippen molar-refractivity contribution in [3.8, 4) is 0 Å². The zero-order chi connectivity index (χ0) is 15.0. The number of aromatic nitrogens is 1. The lowest BCUT2D eigenvalue weighted by Crippen LogP contribution is -2.23. The molecule has 1 aromatic heterocycles. The molecule has 1 unspecified atom stereocenters. The minimum atomic E-state index is -1.02. The molecule has 1 heterocycles. The second kappa shape index (κ2) is 4.97. The average molecular weight is 277 g/mol.